The van der Waals surface area contributed by atoms with Gasteiger partial charge in [0.2, 0.25) is 0 Å². The van der Waals surface area contributed by atoms with Gasteiger partial charge in [-0.1, -0.05) is 76.6 Å². The maximum Gasteiger partial charge on any atom is 0.166 e. The highest BCUT2D eigenvalue weighted by molar-refractivity contribution is 9.09. The zero-order valence-electron chi connectivity index (χ0n) is 9.84. The Balaban J connectivity index is 2.49. The summed E-state index contributed by atoms with van der Waals surface area (Å²) in [6.45, 7) is 0. The summed E-state index contributed by atoms with van der Waals surface area (Å²) in [6, 6.07) is 19.9. The molecule has 0 N–H and O–H groups in total. The summed E-state index contributed by atoms with van der Waals surface area (Å²) in [5.41, 5.74) is 3.07. The van der Waals surface area contributed by atoms with Crippen molar-refractivity contribution in [2.24, 2.45) is 0 Å². The molecule has 0 aliphatic carbocycles. The summed E-state index contributed by atoms with van der Waals surface area (Å²) in [5.74, 6) is 0.0673. The molecular formula is C16H13BrO. The number of carbonyl (C=O) groups is 1. The van der Waals surface area contributed by atoms with Gasteiger partial charge in [-0.25, -0.2) is 0 Å². The van der Waals surface area contributed by atoms with Gasteiger partial charge in [-0.05, 0) is 22.8 Å². The average molecular weight is 301 g/mol. The summed E-state index contributed by atoms with van der Waals surface area (Å²) in [4.78, 5) is 11.6. The first kappa shape index (κ1) is 12.8. The second-order valence-electron chi connectivity index (χ2n) is 3.89. The van der Waals surface area contributed by atoms with Crippen molar-refractivity contribution in [2.75, 3.05) is 5.33 Å². The highest BCUT2D eigenvalue weighted by Gasteiger charge is 2.06. The lowest BCUT2D eigenvalue weighted by molar-refractivity contribution is -0.112. The fourth-order valence-electron chi connectivity index (χ4n) is 1.77. The van der Waals surface area contributed by atoms with Crippen molar-refractivity contribution in [1.82, 2.24) is 0 Å². The number of allylic oxidation sites excluding steroid dienone is 1. The summed E-state index contributed by atoms with van der Waals surface area (Å²) < 4.78 is 0. The molecule has 2 rings (SSSR count). The van der Waals surface area contributed by atoms with Crippen LogP contribution in [-0.2, 0) is 4.79 Å². The van der Waals surface area contributed by atoms with Crippen LogP contribution in [0, 0.1) is 0 Å². The van der Waals surface area contributed by atoms with Crippen molar-refractivity contribution < 1.29 is 4.79 Å². The molecule has 0 fully saturated rings. The highest BCUT2D eigenvalue weighted by atomic mass is 79.9. The minimum atomic E-state index is 0.0673. The second-order valence-corrected chi connectivity index (χ2v) is 4.45. The maximum atomic E-state index is 11.6. The molecule has 0 unspecified atom stereocenters. The minimum Gasteiger partial charge on any atom is -0.294 e. The van der Waals surface area contributed by atoms with E-state index < -0.39 is 0 Å². The Kier molecular flexibility index (Phi) is 4.48. The van der Waals surface area contributed by atoms with Crippen LogP contribution in [0.25, 0.3) is 5.57 Å². The van der Waals surface area contributed by atoms with Crippen LogP contribution in [0.2, 0.25) is 0 Å². The molecule has 0 aromatic heterocycles. The van der Waals surface area contributed by atoms with Crippen molar-refractivity contribution in [3.05, 3.63) is 77.9 Å². The van der Waals surface area contributed by atoms with E-state index in [4.69, 9.17) is 0 Å². The van der Waals surface area contributed by atoms with Gasteiger partial charge in [-0.2, -0.15) is 0 Å². The average Bonchev–Trinajstić information content (AvgIpc) is 2.46. The van der Waals surface area contributed by atoms with Gasteiger partial charge in [-0.3, -0.25) is 4.79 Å². The second kappa shape index (κ2) is 6.31. The Morgan fingerprint density at radius 1 is 0.889 bits per heavy atom. The van der Waals surface area contributed by atoms with Crippen LogP contribution in [0.15, 0.2) is 66.7 Å². The van der Waals surface area contributed by atoms with E-state index in [0.29, 0.717) is 5.33 Å². The lowest BCUT2D eigenvalue weighted by Gasteiger charge is -2.07. The number of halogens is 1. The van der Waals surface area contributed by atoms with Gasteiger partial charge in [-0.15, -0.1) is 0 Å². The Labute approximate surface area is 115 Å². The molecule has 0 saturated carbocycles. The standard InChI is InChI=1S/C16H13BrO/c17-12-15(18)11-16(13-7-3-1-4-8-13)14-9-5-2-6-10-14/h1-11H,12H2. The Hall–Kier alpha value is -1.67. The van der Waals surface area contributed by atoms with E-state index in [9.17, 15) is 4.79 Å². The Bertz CT molecular complexity index is 502. The van der Waals surface area contributed by atoms with Crippen molar-refractivity contribution >= 4 is 27.3 Å². The minimum absolute atomic E-state index is 0.0673. The number of rotatable bonds is 4. The summed E-state index contributed by atoms with van der Waals surface area (Å²) in [5, 5.41) is 0.343. The van der Waals surface area contributed by atoms with Crippen molar-refractivity contribution in [2.45, 2.75) is 0 Å². The third-order valence-corrected chi connectivity index (χ3v) is 3.16. The van der Waals surface area contributed by atoms with Crippen LogP contribution in [-0.4, -0.2) is 11.1 Å². The van der Waals surface area contributed by atoms with Crippen molar-refractivity contribution in [3.8, 4) is 0 Å². The molecule has 1 nitrogen and oxygen atoms in total. The van der Waals surface area contributed by atoms with Gasteiger partial charge >= 0.3 is 0 Å². The summed E-state index contributed by atoms with van der Waals surface area (Å²) in [7, 11) is 0. The topological polar surface area (TPSA) is 17.1 Å². The van der Waals surface area contributed by atoms with Crippen LogP contribution in [0.1, 0.15) is 11.1 Å². The van der Waals surface area contributed by atoms with Crippen molar-refractivity contribution in [3.63, 3.8) is 0 Å². The number of benzene rings is 2. The van der Waals surface area contributed by atoms with Gasteiger partial charge in [0, 0.05) is 0 Å². The lowest BCUT2D eigenvalue weighted by Crippen LogP contribution is -1.97. The third-order valence-electron chi connectivity index (χ3n) is 2.61. The van der Waals surface area contributed by atoms with Gasteiger partial charge in [0.25, 0.3) is 0 Å². The smallest absolute Gasteiger partial charge is 0.166 e. The number of carbonyl (C=O) groups excluding carboxylic acids is 1. The molecule has 0 saturated heterocycles. The number of alkyl halides is 1. The maximum absolute atomic E-state index is 11.6. The molecule has 2 aromatic rings. The fraction of sp³-hybridized carbons (Fsp3) is 0.0625. The summed E-state index contributed by atoms with van der Waals surface area (Å²) >= 11 is 3.19. The molecule has 0 aliphatic rings. The van der Waals surface area contributed by atoms with Crippen LogP contribution >= 0.6 is 15.9 Å². The number of hydrogen-bond acceptors (Lipinski definition) is 1. The van der Waals surface area contributed by atoms with Crippen LogP contribution in [0.5, 0.6) is 0 Å². The summed E-state index contributed by atoms with van der Waals surface area (Å²) in [6.07, 6.45) is 1.69. The quantitative estimate of drug-likeness (QED) is 0.614. The molecule has 0 amide bonds. The van der Waals surface area contributed by atoms with Crippen molar-refractivity contribution in [1.29, 1.82) is 0 Å². The molecular weight excluding hydrogens is 288 g/mol. The van der Waals surface area contributed by atoms with Gasteiger partial charge in [0.1, 0.15) is 0 Å². The van der Waals surface area contributed by atoms with E-state index in [-0.39, 0.29) is 5.78 Å². The van der Waals surface area contributed by atoms with Gasteiger partial charge in [0.15, 0.2) is 5.78 Å². The first-order chi connectivity index (χ1) is 8.81. The van der Waals surface area contributed by atoms with E-state index in [2.05, 4.69) is 15.9 Å². The normalized spacial score (nSPS) is 9.83. The molecule has 2 heteroatoms. The molecule has 0 atom stereocenters. The molecule has 18 heavy (non-hydrogen) atoms. The fourth-order valence-corrected chi connectivity index (χ4v) is 1.93. The highest BCUT2D eigenvalue weighted by Crippen LogP contribution is 2.23. The SMILES string of the molecule is O=C(C=C(c1ccccc1)c1ccccc1)CBr. The largest absolute Gasteiger partial charge is 0.294 e. The molecule has 0 aliphatic heterocycles. The van der Waals surface area contributed by atoms with E-state index in [1.807, 2.05) is 60.7 Å². The monoisotopic (exact) mass is 300 g/mol. The van der Waals surface area contributed by atoms with Gasteiger partial charge < -0.3 is 0 Å². The molecule has 90 valence electrons. The predicted octanol–water partition coefficient (Wildman–Crippen LogP) is 4.08. The number of hydrogen-bond donors (Lipinski definition) is 0. The zero-order valence-corrected chi connectivity index (χ0v) is 11.4. The van der Waals surface area contributed by atoms with E-state index in [0.717, 1.165) is 16.7 Å². The lowest BCUT2D eigenvalue weighted by atomic mass is 9.97. The molecule has 0 heterocycles. The predicted molar refractivity (Wildman–Crippen MR) is 78.8 cm³/mol. The van der Waals surface area contributed by atoms with E-state index in [1.165, 1.54) is 0 Å². The molecule has 0 radical (unpaired) electrons. The first-order valence-electron chi connectivity index (χ1n) is 5.72. The van der Waals surface area contributed by atoms with Crippen LogP contribution in [0.3, 0.4) is 0 Å². The molecule has 0 spiro atoms. The van der Waals surface area contributed by atoms with Crippen LogP contribution < -0.4 is 0 Å². The third kappa shape index (κ3) is 3.17. The molecule has 0 bridgehead atoms. The van der Waals surface area contributed by atoms with Crippen LogP contribution in [0.4, 0.5) is 0 Å². The molecule has 2 aromatic carbocycles. The van der Waals surface area contributed by atoms with E-state index >= 15 is 0 Å². The Morgan fingerprint density at radius 2 is 1.33 bits per heavy atom. The number of ketones is 1. The zero-order chi connectivity index (χ0) is 12.8. The Morgan fingerprint density at radius 3 is 1.72 bits per heavy atom. The van der Waals surface area contributed by atoms with Gasteiger partial charge in [0.05, 0.1) is 5.33 Å². The van der Waals surface area contributed by atoms with E-state index in [1.54, 1.807) is 6.08 Å². The first-order valence-corrected chi connectivity index (χ1v) is 6.85.